The molecule has 1 aliphatic heterocycles. The molecule has 2 aromatic carbocycles. The molecule has 0 saturated heterocycles. The molecule has 0 aliphatic carbocycles. The van der Waals surface area contributed by atoms with Gasteiger partial charge in [-0.25, -0.2) is 0 Å². The van der Waals surface area contributed by atoms with E-state index in [4.69, 9.17) is 0 Å². The lowest BCUT2D eigenvalue weighted by Crippen LogP contribution is -2.54. The molecule has 8 heteroatoms. The molecule has 168 valence electrons. The number of rotatable bonds is 6. The minimum atomic E-state index is -0.804. The number of hydrogen-bond donors (Lipinski definition) is 2. The number of carbonyl (C=O) groups is 4. The quantitative estimate of drug-likeness (QED) is 0.726. The van der Waals surface area contributed by atoms with Gasteiger partial charge >= 0.3 is 0 Å². The number of nitrogens with one attached hydrogen (secondary N) is 2. The van der Waals surface area contributed by atoms with E-state index < -0.39 is 23.9 Å². The number of amides is 4. The van der Waals surface area contributed by atoms with Crippen LogP contribution in [0.2, 0.25) is 0 Å². The van der Waals surface area contributed by atoms with Crippen molar-refractivity contribution in [2.24, 2.45) is 0 Å². The fourth-order valence-electron chi connectivity index (χ4n) is 4.13. The Bertz CT molecular complexity index is 968. The van der Waals surface area contributed by atoms with Crippen LogP contribution >= 0.6 is 0 Å². The number of anilines is 2. The summed E-state index contributed by atoms with van der Waals surface area (Å²) in [7, 11) is 3.03. The second kappa shape index (κ2) is 9.64. The summed E-state index contributed by atoms with van der Waals surface area (Å²) in [5, 5.41) is 5.23. The van der Waals surface area contributed by atoms with Gasteiger partial charge in [-0.2, -0.15) is 0 Å². The van der Waals surface area contributed by atoms with Crippen LogP contribution in [0, 0.1) is 0 Å². The zero-order valence-electron chi connectivity index (χ0n) is 18.7. The molecule has 0 bridgehead atoms. The zero-order chi connectivity index (χ0) is 23.4. The molecule has 1 aliphatic rings. The van der Waals surface area contributed by atoms with Gasteiger partial charge in [0.1, 0.15) is 12.1 Å². The maximum atomic E-state index is 13.9. The van der Waals surface area contributed by atoms with E-state index in [0.29, 0.717) is 24.2 Å². The minimum absolute atomic E-state index is 0.250. The smallest absolute Gasteiger partial charge is 0.261 e. The molecule has 0 aromatic heterocycles. The van der Waals surface area contributed by atoms with Crippen LogP contribution in [0.25, 0.3) is 0 Å². The van der Waals surface area contributed by atoms with Gasteiger partial charge in [0.25, 0.3) is 11.8 Å². The lowest BCUT2D eigenvalue weighted by atomic mass is 9.98. The largest absolute Gasteiger partial charge is 0.357 e. The third-order valence-electron chi connectivity index (χ3n) is 5.72. The highest BCUT2D eigenvalue weighted by Gasteiger charge is 2.40. The average molecular weight is 437 g/mol. The summed E-state index contributed by atoms with van der Waals surface area (Å²) in [6.45, 7) is 3.63. The van der Waals surface area contributed by atoms with Crippen molar-refractivity contribution in [3.05, 3.63) is 59.7 Å². The van der Waals surface area contributed by atoms with Gasteiger partial charge in [0, 0.05) is 14.1 Å². The van der Waals surface area contributed by atoms with E-state index in [9.17, 15) is 19.2 Å². The fourth-order valence-corrected chi connectivity index (χ4v) is 4.13. The third-order valence-corrected chi connectivity index (χ3v) is 5.72. The van der Waals surface area contributed by atoms with Crippen molar-refractivity contribution in [3.63, 3.8) is 0 Å². The standard InChI is InChI=1S/C24H28N4O4/c1-5-17(21(29)25-3)27-19-13-9-7-11-15(19)24(32)28(18(6-2)22(30)26-4)20-14-10-8-12-16(20)23(27)31/h7-14,17-18H,5-6H2,1-4H3,(H,25,29)(H,26,30). The number of carbonyl (C=O) groups excluding carboxylic acids is 4. The predicted octanol–water partition coefficient (Wildman–Crippen LogP) is 2.34. The average Bonchev–Trinajstić information content (AvgIpc) is 2.83. The highest BCUT2D eigenvalue weighted by Crippen LogP contribution is 2.35. The zero-order valence-corrected chi connectivity index (χ0v) is 18.7. The molecule has 0 saturated carbocycles. The third kappa shape index (κ3) is 3.84. The Kier molecular flexibility index (Phi) is 6.92. The first-order valence-corrected chi connectivity index (χ1v) is 10.7. The van der Waals surface area contributed by atoms with Crippen molar-refractivity contribution in [1.29, 1.82) is 0 Å². The van der Waals surface area contributed by atoms with Crippen LogP contribution in [-0.2, 0) is 9.59 Å². The summed E-state index contributed by atoms with van der Waals surface area (Å²) < 4.78 is 0. The van der Waals surface area contributed by atoms with Crippen molar-refractivity contribution < 1.29 is 19.2 Å². The van der Waals surface area contributed by atoms with Gasteiger partial charge in [0.2, 0.25) is 11.8 Å². The molecular weight excluding hydrogens is 408 g/mol. The molecule has 32 heavy (non-hydrogen) atoms. The number of para-hydroxylation sites is 2. The van der Waals surface area contributed by atoms with E-state index in [1.807, 2.05) is 13.8 Å². The van der Waals surface area contributed by atoms with Crippen molar-refractivity contribution in [1.82, 2.24) is 10.6 Å². The summed E-state index contributed by atoms with van der Waals surface area (Å²) in [6.07, 6.45) is 0.714. The van der Waals surface area contributed by atoms with Crippen LogP contribution in [-0.4, -0.2) is 49.8 Å². The van der Waals surface area contributed by atoms with Crippen LogP contribution in [0.3, 0.4) is 0 Å². The monoisotopic (exact) mass is 436 g/mol. The summed E-state index contributed by atoms with van der Waals surface area (Å²) in [5.74, 6) is -1.47. The van der Waals surface area contributed by atoms with Gasteiger partial charge in [-0.15, -0.1) is 0 Å². The van der Waals surface area contributed by atoms with Gasteiger partial charge in [0.05, 0.1) is 22.5 Å². The predicted molar refractivity (Wildman–Crippen MR) is 123 cm³/mol. The first-order valence-electron chi connectivity index (χ1n) is 10.7. The number of likely N-dealkylation sites (N-methyl/N-ethyl adjacent to an activating group) is 2. The number of hydrogen-bond acceptors (Lipinski definition) is 4. The van der Waals surface area contributed by atoms with Crippen LogP contribution in [0.5, 0.6) is 0 Å². The molecule has 2 N–H and O–H groups in total. The Morgan fingerprint density at radius 2 is 1.06 bits per heavy atom. The van der Waals surface area contributed by atoms with E-state index in [-0.39, 0.29) is 22.9 Å². The van der Waals surface area contributed by atoms with E-state index >= 15 is 0 Å². The second-order valence-corrected chi connectivity index (χ2v) is 7.46. The molecule has 0 spiro atoms. The van der Waals surface area contributed by atoms with Gasteiger partial charge in [-0.05, 0) is 37.1 Å². The Morgan fingerprint density at radius 3 is 1.38 bits per heavy atom. The van der Waals surface area contributed by atoms with E-state index in [2.05, 4.69) is 10.6 Å². The summed E-state index contributed by atoms with van der Waals surface area (Å²) >= 11 is 0. The van der Waals surface area contributed by atoms with Crippen LogP contribution < -0.4 is 20.4 Å². The molecule has 0 radical (unpaired) electrons. The lowest BCUT2D eigenvalue weighted by Gasteiger charge is -2.38. The van der Waals surface area contributed by atoms with Crippen molar-refractivity contribution in [3.8, 4) is 0 Å². The highest BCUT2D eigenvalue weighted by molar-refractivity contribution is 6.22. The topological polar surface area (TPSA) is 98.8 Å². The van der Waals surface area contributed by atoms with E-state index in [1.54, 1.807) is 48.5 Å². The van der Waals surface area contributed by atoms with Crippen molar-refractivity contribution >= 4 is 35.0 Å². The van der Waals surface area contributed by atoms with Crippen LogP contribution in [0.15, 0.2) is 48.5 Å². The summed E-state index contributed by atoms with van der Waals surface area (Å²) in [6, 6.07) is 11.8. The van der Waals surface area contributed by atoms with Gasteiger partial charge in [-0.3, -0.25) is 29.0 Å². The SMILES string of the molecule is CCC(C(=O)NC)N1C(=O)c2ccccc2N(C(CC)C(=O)NC)C(=O)c2ccccc21. The normalized spacial score (nSPS) is 15.1. The number of nitrogens with zero attached hydrogens (tertiary/aromatic N) is 2. The lowest BCUT2D eigenvalue weighted by molar-refractivity contribution is -0.122. The van der Waals surface area contributed by atoms with Crippen LogP contribution in [0.1, 0.15) is 47.4 Å². The Morgan fingerprint density at radius 1 is 0.719 bits per heavy atom. The Labute approximate surface area is 187 Å². The van der Waals surface area contributed by atoms with E-state index in [1.165, 1.54) is 23.9 Å². The van der Waals surface area contributed by atoms with Gasteiger partial charge in [-0.1, -0.05) is 38.1 Å². The first kappa shape index (κ1) is 23.0. The van der Waals surface area contributed by atoms with Gasteiger partial charge < -0.3 is 10.6 Å². The number of benzene rings is 2. The Balaban J connectivity index is 2.33. The van der Waals surface area contributed by atoms with Crippen molar-refractivity contribution in [2.75, 3.05) is 23.9 Å². The molecular formula is C24H28N4O4. The molecule has 2 aromatic rings. The van der Waals surface area contributed by atoms with Crippen LogP contribution in [0.4, 0.5) is 11.4 Å². The summed E-state index contributed by atoms with van der Waals surface area (Å²) in [4.78, 5) is 55.9. The summed E-state index contributed by atoms with van der Waals surface area (Å²) in [5.41, 5.74) is 1.17. The molecule has 0 fully saturated rings. The van der Waals surface area contributed by atoms with Gasteiger partial charge in [0.15, 0.2) is 0 Å². The molecule has 2 unspecified atom stereocenters. The maximum Gasteiger partial charge on any atom is 0.261 e. The fraction of sp³-hybridized carbons (Fsp3) is 0.333. The Hall–Kier alpha value is -3.68. The molecule has 3 rings (SSSR count). The molecule has 2 atom stereocenters. The molecule has 1 heterocycles. The molecule has 8 nitrogen and oxygen atoms in total. The maximum absolute atomic E-state index is 13.9. The minimum Gasteiger partial charge on any atom is -0.357 e. The molecule has 4 amide bonds. The first-order chi connectivity index (χ1) is 15.4. The number of fused-ring (bicyclic) bond motifs is 2. The van der Waals surface area contributed by atoms with E-state index in [0.717, 1.165) is 0 Å². The van der Waals surface area contributed by atoms with Crippen molar-refractivity contribution in [2.45, 2.75) is 38.8 Å². The highest BCUT2D eigenvalue weighted by atomic mass is 16.2. The second-order valence-electron chi connectivity index (χ2n) is 7.46.